The lowest BCUT2D eigenvalue weighted by molar-refractivity contribution is -0.0278. The number of fused-ring (bicyclic) bond motifs is 1. The van der Waals surface area contributed by atoms with Crippen molar-refractivity contribution in [2.24, 2.45) is 0 Å². The molecular weight excluding hydrogens is 497 g/mol. The van der Waals surface area contributed by atoms with Gasteiger partial charge >= 0.3 is 0 Å². The largest absolute Gasteiger partial charge is 0.497 e. The van der Waals surface area contributed by atoms with Gasteiger partial charge in [0.2, 0.25) is 9.84 Å². The first-order chi connectivity index (χ1) is 17.6. The van der Waals surface area contributed by atoms with Gasteiger partial charge in [0.1, 0.15) is 27.2 Å². The molecule has 0 radical (unpaired) electrons. The van der Waals surface area contributed by atoms with Crippen LogP contribution in [0.25, 0.3) is 10.9 Å². The molecule has 3 heterocycles. The molecule has 0 spiro atoms. The highest BCUT2D eigenvalue weighted by molar-refractivity contribution is 7.92. The van der Waals surface area contributed by atoms with Gasteiger partial charge in [0.25, 0.3) is 0 Å². The number of nitrogen functional groups attached to an aromatic ring is 1. The van der Waals surface area contributed by atoms with E-state index in [1.165, 1.54) is 24.4 Å². The van der Waals surface area contributed by atoms with Crippen LogP contribution in [0.15, 0.2) is 64.5 Å². The number of hydrogen-bond donors (Lipinski definition) is 1. The molecule has 2 aromatic carbocycles. The molecule has 0 unspecified atom stereocenters. The third kappa shape index (κ3) is 4.49. The van der Waals surface area contributed by atoms with Crippen LogP contribution in [0.1, 0.15) is 19.4 Å². The first kappa shape index (κ1) is 25.0. The van der Waals surface area contributed by atoms with E-state index >= 15 is 0 Å². The zero-order valence-electron chi connectivity index (χ0n) is 20.8. The van der Waals surface area contributed by atoms with Gasteiger partial charge in [0.15, 0.2) is 5.82 Å². The standard InChI is InChI=1S/C26H28FN5O4S/c1-26(2)16-31(12-13-36-26)25-22-19(14-29-30-25)23(37(33,34)21-7-5-4-6-20(21)27)24(28)32(22)15-17-8-10-18(35-3)11-9-17/h4-11,14H,12-13,15-16,28H2,1-3H3. The lowest BCUT2D eigenvalue weighted by Crippen LogP contribution is -2.48. The quantitative estimate of drug-likeness (QED) is 0.406. The maximum absolute atomic E-state index is 14.7. The molecule has 4 aromatic rings. The smallest absolute Gasteiger partial charge is 0.213 e. The average molecular weight is 526 g/mol. The van der Waals surface area contributed by atoms with E-state index in [-0.39, 0.29) is 22.6 Å². The van der Waals surface area contributed by atoms with Gasteiger partial charge in [-0.3, -0.25) is 0 Å². The first-order valence-electron chi connectivity index (χ1n) is 11.8. The van der Waals surface area contributed by atoms with Crippen LogP contribution in [0.4, 0.5) is 16.0 Å². The highest BCUT2D eigenvalue weighted by Crippen LogP contribution is 2.40. The van der Waals surface area contributed by atoms with Gasteiger partial charge in [0.05, 0.1) is 31.0 Å². The van der Waals surface area contributed by atoms with Crippen molar-refractivity contribution in [2.45, 2.75) is 35.8 Å². The van der Waals surface area contributed by atoms with E-state index in [9.17, 15) is 12.8 Å². The minimum absolute atomic E-state index is 0.0161. The maximum atomic E-state index is 14.7. The molecular formula is C26H28FN5O4S. The monoisotopic (exact) mass is 525 g/mol. The van der Waals surface area contributed by atoms with E-state index in [1.54, 1.807) is 11.7 Å². The average Bonchev–Trinajstić information content (AvgIpc) is 3.15. The fourth-order valence-corrected chi connectivity index (χ4v) is 6.35. The summed E-state index contributed by atoms with van der Waals surface area (Å²) >= 11 is 0. The Kier molecular flexibility index (Phi) is 6.28. The van der Waals surface area contributed by atoms with Crippen molar-refractivity contribution in [3.63, 3.8) is 0 Å². The number of hydrogen-bond acceptors (Lipinski definition) is 8. The van der Waals surface area contributed by atoms with Crippen molar-refractivity contribution in [2.75, 3.05) is 37.4 Å². The van der Waals surface area contributed by atoms with Crippen LogP contribution >= 0.6 is 0 Å². The Balaban J connectivity index is 1.75. The second kappa shape index (κ2) is 9.31. The van der Waals surface area contributed by atoms with Gasteiger partial charge in [-0.05, 0) is 43.7 Å². The predicted molar refractivity (Wildman–Crippen MR) is 138 cm³/mol. The fourth-order valence-electron chi connectivity index (χ4n) is 4.73. The van der Waals surface area contributed by atoms with Gasteiger partial charge in [0, 0.05) is 25.0 Å². The normalized spacial score (nSPS) is 15.7. The summed E-state index contributed by atoms with van der Waals surface area (Å²) in [7, 11) is -2.75. The Bertz CT molecular complexity index is 1570. The van der Waals surface area contributed by atoms with Crippen LogP contribution in [0.3, 0.4) is 0 Å². The number of nitrogens with two attached hydrogens (primary N) is 1. The molecule has 1 saturated heterocycles. The van der Waals surface area contributed by atoms with E-state index in [2.05, 4.69) is 10.2 Å². The Morgan fingerprint density at radius 3 is 2.57 bits per heavy atom. The second-order valence-electron chi connectivity index (χ2n) is 9.54. The Morgan fingerprint density at radius 2 is 1.89 bits per heavy atom. The number of rotatable bonds is 6. The van der Waals surface area contributed by atoms with Gasteiger partial charge in [-0.15, -0.1) is 5.10 Å². The number of morpholine rings is 1. The molecule has 0 aliphatic carbocycles. The van der Waals surface area contributed by atoms with Crippen LogP contribution in [0.5, 0.6) is 5.75 Å². The third-order valence-corrected chi connectivity index (χ3v) is 8.34. The lowest BCUT2D eigenvalue weighted by atomic mass is 10.1. The molecule has 0 bridgehead atoms. The first-order valence-corrected chi connectivity index (χ1v) is 13.3. The van der Waals surface area contributed by atoms with E-state index in [0.29, 0.717) is 36.8 Å². The predicted octanol–water partition coefficient (Wildman–Crippen LogP) is 3.66. The number of anilines is 2. The van der Waals surface area contributed by atoms with Crippen LogP contribution in [0, 0.1) is 5.82 Å². The van der Waals surface area contributed by atoms with Crippen LogP contribution in [-0.4, -0.2) is 55.6 Å². The minimum atomic E-state index is -4.33. The summed E-state index contributed by atoms with van der Waals surface area (Å²) in [6, 6.07) is 12.6. The van der Waals surface area contributed by atoms with Gasteiger partial charge in [-0.1, -0.05) is 24.3 Å². The molecule has 1 aliphatic heterocycles. The van der Waals surface area contributed by atoms with Crippen LogP contribution < -0.4 is 15.4 Å². The molecule has 5 rings (SSSR count). The zero-order chi connectivity index (χ0) is 26.4. The van der Waals surface area contributed by atoms with Gasteiger partial charge in [-0.2, -0.15) is 5.10 Å². The van der Waals surface area contributed by atoms with Crippen molar-refractivity contribution < 1.29 is 22.3 Å². The molecule has 1 fully saturated rings. The second-order valence-corrected chi connectivity index (χ2v) is 11.4. The van der Waals surface area contributed by atoms with Crippen molar-refractivity contribution in [3.05, 3.63) is 66.1 Å². The number of sulfone groups is 1. The number of methoxy groups -OCH3 is 1. The summed E-state index contributed by atoms with van der Waals surface area (Å²) < 4.78 is 55.1. The van der Waals surface area contributed by atoms with Gasteiger partial charge < -0.3 is 24.7 Å². The van der Waals surface area contributed by atoms with Crippen molar-refractivity contribution in [1.82, 2.24) is 14.8 Å². The molecule has 194 valence electrons. The van der Waals surface area contributed by atoms with Crippen LogP contribution in [0.2, 0.25) is 0 Å². The Labute approximate surface area is 214 Å². The molecule has 0 saturated carbocycles. The van der Waals surface area contributed by atoms with E-state index in [0.717, 1.165) is 11.6 Å². The Hall–Kier alpha value is -3.70. The Morgan fingerprint density at radius 1 is 1.16 bits per heavy atom. The molecule has 2 N–H and O–H groups in total. The maximum Gasteiger partial charge on any atom is 0.213 e. The summed E-state index contributed by atoms with van der Waals surface area (Å²) in [4.78, 5) is 1.38. The third-order valence-electron chi connectivity index (χ3n) is 6.46. The van der Waals surface area contributed by atoms with E-state index in [1.807, 2.05) is 43.0 Å². The number of aromatic nitrogens is 3. The number of halogens is 1. The minimum Gasteiger partial charge on any atom is -0.497 e. The molecule has 0 atom stereocenters. The molecule has 37 heavy (non-hydrogen) atoms. The zero-order valence-corrected chi connectivity index (χ0v) is 21.6. The summed E-state index contributed by atoms with van der Waals surface area (Å²) in [5.41, 5.74) is 7.52. The van der Waals surface area contributed by atoms with Gasteiger partial charge in [-0.25, -0.2) is 12.8 Å². The number of ether oxygens (including phenoxy) is 2. The number of nitrogens with zero attached hydrogens (tertiary/aromatic N) is 4. The summed E-state index contributed by atoms with van der Waals surface area (Å²) in [5, 5.41) is 8.82. The van der Waals surface area contributed by atoms with E-state index in [4.69, 9.17) is 15.2 Å². The SMILES string of the molecule is COc1ccc(Cn2c(N)c(S(=O)(=O)c3ccccc3F)c3cnnc(N4CCOC(C)(C)C4)c32)cc1. The lowest BCUT2D eigenvalue weighted by Gasteiger charge is -2.38. The summed E-state index contributed by atoms with van der Waals surface area (Å²) in [6.45, 7) is 5.74. The van der Waals surface area contributed by atoms with E-state index < -0.39 is 26.2 Å². The van der Waals surface area contributed by atoms with Crippen molar-refractivity contribution in [1.29, 1.82) is 0 Å². The summed E-state index contributed by atoms with van der Waals surface area (Å²) in [6.07, 6.45) is 1.37. The molecule has 11 heteroatoms. The van der Waals surface area contributed by atoms with Crippen molar-refractivity contribution in [3.8, 4) is 5.75 Å². The topological polar surface area (TPSA) is 113 Å². The summed E-state index contributed by atoms with van der Waals surface area (Å²) in [5.74, 6) is 0.316. The molecule has 9 nitrogen and oxygen atoms in total. The fraction of sp³-hybridized carbons (Fsp3) is 0.308. The molecule has 1 aliphatic rings. The molecule has 2 aromatic heterocycles. The van der Waals surface area contributed by atoms with Crippen molar-refractivity contribution >= 4 is 32.4 Å². The number of benzene rings is 2. The highest BCUT2D eigenvalue weighted by Gasteiger charge is 2.34. The highest BCUT2D eigenvalue weighted by atomic mass is 32.2. The molecule has 0 amide bonds. The van der Waals surface area contributed by atoms with Crippen LogP contribution in [-0.2, 0) is 21.1 Å².